The molecule has 0 aliphatic carbocycles. The Kier molecular flexibility index (Phi) is 6.03. The molecule has 8 heteroatoms. The predicted octanol–water partition coefficient (Wildman–Crippen LogP) is 1.45. The molecule has 0 saturated carbocycles. The highest BCUT2D eigenvalue weighted by Gasteiger charge is 2.55. The van der Waals surface area contributed by atoms with Crippen molar-refractivity contribution < 1.29 is 17.9 Å². The molecule has 0 unspecified atom stereocenters. The first kappa shape index (κ1) is 21.1. The fourth-order valence-electron chi connectivity index (χ4n) is 4.51. The standard InChI is InChI=1S/C20H31N3O4S/c1-15(2)27-17-7-5-16(6-8-17)13-23-11-9-18-20(14-23,19(24)21-3)10-12-28(25,26)22(18)4/h5-8,15,18H,9-14H2,1-4H3,(H,21,24)/t18-,20+/m1/s1. The summed E-state index contributed by atoms with van der Waals surface area (Å²) in [6, 6.07) is 7.75. The summed E-state index contributed by atoms with van der Waals surface area (Å²) in [6.45, 7) is 6.04. The normalized spacial score (nSPS) is 28.0. The van der Waals surface area contributed by atoms with Gasteiger partial charge in [0.1, 0.15) is 5.75 Å². The molecule has 1 aromatic carbocycles. The van der Waals surface area contributed by atoms with Gasteiger partial charge in [-0.1, -0.05) is 12.1 Å². The molecule has 3 rings (SSSR count). The second kappa shape index (κ2) is 8.00. The Bertz CT molecular complexity index is 809. The zero-order valence-corrected chi connectivity index (χ0v) is 18.0. The van der Waals surface area contributed by atoms with Gasteiger partial charge in [0.05, 0.1) is 17.3 Å². The number of benzene rings is 1. The van der Waals surface area contributed by atoms with Gasteiger partial charge >= 0.3 is 0 Å². The van der Waals surface area contributed by atoms with Crippen LogP contribution in [0.2, 0.25) is 0 Å². The molecule has 2 aliphatic heterocycles. The van der Waals surface area contributed by atoms with Crippen molar-refractivity contribution in [1.82, 2.24) is 14.5 Å². The number of fused-ring (bicyclic) bond motifs is 1. The van der Waals surface area contributed by atoms with E-state index in [9.17, 15) is 13.2 Å². The van der Waals surface area contributed by atoms with Crippen LogP contribution >= 0.6 is 0 Å². The number of hydrogen-bond donors (Lipinski definition) is 1. The van der Waals surface area contributed by atoms with E-state index in [4.69, 9.17) is 4.74 Å². The van der Waals surface area contributed by atoms with Gasteiger partial charge in [0.15, 0.2) is 0 Å². The third-order valence-corrected chi connectivity index (χ3v) is 7.78. The Morgan fingerprint density at radius 3 is 2.61 bits per heavy atom. The molecule has 0 bridgehead atoms. The third kappa shape index (κ3) is 4.04. The van der Waals surface area contributed by atoms with E-state index in [0.29, 0.717) is 19.4 Å². The van der Waals surface area contributed by atoms with Crippen LogP contribution in [-0.2, 0) is 21.4 Å². The number of ether oxygens (including phenoxy) is 1. The van der Waals surface area contributed by atoms with Gasteiger partial charge in [-0.25, -0.2) is 12.7 Å². The van der Waals surface area contributed by atoms with Crippen LogP contribution in [0.25, 0.3) is 0 Å². The lowest BCUT2D eigenvalue weighted by atomic mass is 9.72. The largest absolute Gasteiger partial charge is 0.491 e. The summed E-state index contributed by atoms with van der Waals surface area (Å²) in [5.74, 6) is 0.797. The van der Waals surface area contributed by atoms with E-state index >= 15 is 0 Å². The van der Waals surface area contributed by atoms with Gasteiger partial charge < -0.3 is 10.1 Å². The summed E-state index contributed by atoms with van der Waals surface area (Å²) < 4.78 is 31.8. The number of likely N-dealkylation sites (tertiary alicyclic amines) is 1. The first-order valence-electron chi connectivity index (χ1n) is 9.84. The zero-order valence-electron chi connectivity index (χ0n) is 17.1. The summed E-state index contributed by atoms with van der Waals surface area (Å²) >= 11 is 0. The molecule has 7 nitrogen and oxygen atoms in total. The molecule has 1 amide bonds. The van der Waals surface area contributed by atoms with Crippen LogP contribution in [0.1, 0.15) is 32.3 Å². The van der Waals surface area contributed by atoms with E-state index in [2.05, 4.69) is 10.2 Å². The molecular formula is C20H31N3O4S. The quantitative estimate of drug-likeness (QED) is 0.796. The van der Waals surface area contributed by atoms with Crippen molar-refractivity contribution in [2.24, 2.45) is 5.41 Å². The molecule has 0 spiro atoms. The smallest absolute Gasteiger partial charge is 0.228 e. The predicted molar refractivity (Wildman–Crippen MR) is 109 cm³/mol. The van der Waals surface area contributed by atoms with Crippen molar-refractivity contribution in [1.29, 1.82) is 0 Å². The van der Waals surface area contributed by atoms with Crippen molar-refractivity contribution in [3.05, 3.63) is 29.8 Å². The minimum atomic E-state index is -3.28. The second-order valence-electron chi connectivity index (χ2n) is 8.14. The lowest BCUT2D eigenvalue weighted by molar-refractivity contribution is -0.139. The van der Waals surface area contributed by atoms with Crippen LogP contribution in [0, 0.1) is 5.41 Å². The highest BCUT2D eigenvalue weighted by molar-refractivity contribution is 7.89. The van der Waals surface area contributed by atoms with E-state index in [-0.39, 0.29) is 23.8 Å². The fourth-order valence-corrected chi connectivity index (χ4v) is 6.12. The van der Waals surface area contributed by atoms with E-state index < -0.39 is 15.4 Å². The van der Waals surface area contributed by atoms with E-state index in [1.54, 1.807) is 14.1 Å². The van der Waals surface area contributed by atoms with Gasteiger partial charge in [0, 0.05) is 39.8 Å². The van der Waals surface area contributed by atoms with Crippen LogP contribution in [0.3, 0.4) is 0 Å². The maximum absolute atomic E-state index is 12.8. The Morgan fingerprint density at radius 1 is 1.32 bits per heavy atom. The fraction of sp³-hybridized carbons (Fsp3) is 0.650. The number of nitrogens with zero attached hydrogens (tertiary/aromatic N) is 2. The van der Waals surface area contributed by atoms with Crippen LogP contribution in [0.5, 0.6) is 5.75 Å². The Balaban J connectivity index is 1.77. The summed E-state index contributed by atoms with van der Waals surface area (Å²) in [7, 11) is -0.0423. The van der Waals surface area contributed by atoms with E-state index in [0.717, 1.165) is 24.4 Å². The summed E-state index contributed by atoms with van der Waals surface area (Å²) in [5.41, 5.74) is 0.451. The molecule has 2 heterocycles. The minimum absolute atomic E-state index is 0.0164. The summed E-state index contributed by atoms with van der Waals surface area (Å²) in [6.07, 6.45) is 1.15. The average molecular weight is 410 g/mol. The molecule has 2 fully saturated rings. The van der Waals surface area contributed by atoms with E-state index in [1.807, 2.05) is 38.1 Å². The number of carbonyl (C=O) groups excluding carboxylic acids is 1. The number of hydrogen-bond acceptors (Lipinski definition) is 5. The van der Waals surface area contributed by atoms with Gasteiger partial charge in [-0.2, -0.15) is 0 Å². The van der Waals surface area contributed by atoms with Crippen molar-refractivity contribution in [3.63, 3.8) is 0 Å². The molecule has 1 aromatic rings. The lowest BCUT2D eigenvalue weighted by Gasteiger charge is -2.52. The van der Waals surface area contributed by atoms with Crippen molar-refractivity contribution >= 4 is 15.9 Å². The minimum Gasteiger partial charge on any atom is -0.491 e. The number of nitrogens with one attached hydrogen (secondary N) is 1. The monoisotopic (exact) mass is 409 g/mol. The van der Waals surface area contributed by atoms with Crippen molar-refractivity contribution in [2.45, 2.75) is 45.4 Å². The van der Waals surface area contributed by atoms with Gasteiger partial charge in [-0.3, -0.25) is 9.69 Å². The molecule has 28 heavy (non-hydrogen) atoms. The van der Waals surface area contributed by atoms with Gasteiger partial charge in [0.25, 0.3) is 0 Å². The topological polar surface area (TPSA) is 79.0 Å². The van der Waals surface area contributed by atoms with E-state index in [1.165, 1.54) is 4.31 Å². The first-order chi connectivity index (χ1) is 13.2. The molecule has 2 aliphatic rings. The summed E-state index contributed by atoms with van der Waals surface area (Å²) in [4.78, 5) is 15.1. The number of piperidine rings is 1. The first-order valence-corrected chi connectivity index (χ1v) is 11.4. The highest BCUT2D eigenvalue weighted by atomic mass is 32.2. The maximum Gasteiger partial charge on any atom is 0.228 e. The number of sulfonamides is 1. The van der Waals surface area contributed by atoms with Gasteiger partial charge in [-0.05, 0) is 44.4 Å². The molecular weight excluding hydrogens is 378 g/mol. The van der Waals surface area contributed by atoms with Crippen LogP contribution in [-0.4, -0.2) is 68.6 Å². The number of carbonyl (C=O) groups is 1. The Morgan fingerprint density at radius 2 is 2.00 bits per heavy atom. The molecule has 0 aromatic heterocycles. The van der Waals surface area contributed by atoms with Crippen LogP contribution in [0.4, 0.5) is 0 Å². The molecule has 156 valence electrons. The van der Waals surface area contributed by atoms with Crippen molar-refractivity contribution in [3.8, 4) is 5.75 Å². The van der Waals surface area contributed by atoms with Crippen LogP contribution in [0.15, 0.2) is 24.3 Å². The number of rotatable bonds is 5. The summed E-state index contributed by atoms with van der Waals surface area (Å²) in [5, 5.41) is 2.78. The Labute approximate surface area is 168 Å². The maximum atomic E-state index is 12.8. The van der Waals surface area contributed by atoms with Crippen LogP contribution < -0.4 is 10.1 Å². The highest BCUT2D eigenvalue weighted by Crippen LogP contribution is 2.42. The molecule has 2 saturated heterocycles. The lowest BCUT2D eigenvalue weighted by Crippen LogP contribution is -2.66. The Hall–Kier alpha value is -1.64. The zero-order chi connectivity index (χ0) is 20.5. The number of amides is 1. The van der Waals surface area contributed by atoms with Gasteiger partial charge in [-0.15, -0.1) is 0 Å². The molecule has 1 N–H and O–H groups in total. The van der Waals surface area contributed by atoms with Crippen molar-refractivity contribution in [2.75, 3.05) is 32.9 Å². The second-order valence-corrected chi connectivity index (χ2v) is 10.3. The average Bonchev–Trinajstić information content (AvgIpc) is 2.65. The SMILES string of the molecule is CNC(=O)[C@]12CCS(=O)(=O)N(C)[C@@H]1CCN(Cc1ccc(OC(C)C)cc1)C2. The third-order valence-electron chi connectivity index (χ3n) is 5.93. The van der Waals surface area contributed by atoms with Gasteiger partial charge in [0.2, 0.25) is 15.9 Å². The molecule has 0 radical (unpaired) electrons. The molecule has 2 atom stereocenters.